The van der Waals surface area contributed by atoms with Crippen molar-refractivity contribution in [1.29, 1.82) is 5.26 Å². The maximum atomic E-state index is 11.0. The second-order valence-corrected chi connectivity index (χ2v) is 4.48. The first-order valence-corrected chi connectivity index (χ1v) is 6.37. The Morgan fingerprint density at radius 3 is 2.62 bits per heavy atom. The van der Waals surface area contributed by atoms with E-state index in [4.69, 9.17) is 10.00 Å². The van der Waals surface area contributed by atoms with Crippen LogP contribution in [0, 0.1) is 11.3 Å². The Morgan fingerprint density at radius 2 is 1.95 bits per heavy atom. The molecule has 0 unspecified atom stereocenters. The number of benzene rings is 2. The van der Waals surface area contributed by atoms with Gasteiger partial charge in [0, 0.05) is 5.56 Å². The lowest BCUT2D eigenvalue weighted by molar-refractivity contribution is 0.157. The molecule has 0 bridgehead atoms. The minimum atomic E-state index is -0.573. The molecule has 0 saturated heterocycles. The molecule has 0 spiro atoms. The summed E-state index contributed by atoms with van der Waals surface area (Å²) in [6.45, 7) is 0.0839. The lowest BCUT2D eigenvalue weighted by Gasteiger charge is -2.16. The van der Waals surface area contributed by atoms with Gasteiger partial charge in [-0.3, -0.25) is 0 Å². The second-order valence-electron chi connectivity index (χ2n) is 4.48. The number of hydrogen-bond donors (Lipinski definition) is 1. The van der Waals surface area contributed by atoms with E-state index in [0.717, 1.165) is 16.7 Å². The molecule has 0 radical (unpaired) electrons. The summed E-state index contributed by atoms with van der Waals surface area (Å²) in [6, 6.07) is 17.3. The van der Waals surface area contributed by atoms with Gasteiger partial charge in [-0.2, -0.15) is 10.4 Å². The van der Waals surface area contributed by atoms with Gasteiger partial charge in [0.25, 0.3) is 0 Å². The summed E-state index contributed by atoms with van der Waals surface area (Å²) in [5.74, 6) is 0. The van der Waals surface area contributed by atoms with Crippen molar-refractivity contribution in [2.24, 2.45) is 5.10 Å². The van der Waals surface area contributed by atoms with Crippen molar-refractivity contribution in [1.82, 2.24) is 5.43 Å². The lowest BCUT2D eigenvalue weighted by Crippen LogP contribution is -2.31. The zero-order valence-electron chi connectivity index (χ0n) is 11.0. The molecule has 1 N–H and O–H groups in total. The maximum Gasteiger partial charge on any atom is 0.428 e. The second kappa shape index (κ2) is 5.47. The molecule has 0 aromatic heterocycles. The average molecular weight is 277 g/mol. The predicted molar refractivity (Wildman–Crippen MR) is 77.6 cm³/mol. The van der Waals surface area contributed by atoms with Gasteiger partial charge in [-0.05, 0) is 23.3 Å². The first kappa shape index (κ1) is 12.9. The Balaban J connectivity index is 2.13. The van der Waals surface area contributed by atoms with Crippen molar-refractivity contribution >= 4 is 11.8 Å². The maximum absolute atomic E-state index is 11.0. The summed E-state index contributed by atoms with van der Waals surface area (Å²) in [7, 11) is 0. The van der Waals surface area contributed by atoms with Crippen LogP contribution in [0.15, 0.2) is 53.6 Å². The number of amides is 1. The summed E-state index contributed by atoms with van der Waals surface area (Å²) >= 11 is 0. The molecule has 0 atom stereocenters. The Labute approximate surface area is 121 Å². The summed E-state index contributed by atoms with van der Waals surface area (Å²) in [5.41, 5.74) is 6.14. The van der Waals surface area contributed by atoms with E-state index in [-0.39, 0.29) is 6.61 Å². The van der Waals surface area contributed by atoms with Gasteiger partial charge in [0.2, 0.25) is 0 Å². The number of rotatable bonds is 2. The Kier molecular flexibility index (Phi) is 3.36. The van der Waals surface area contributed by atoms with E-state index in [0.29, 0.717) is 11.3 Å². The van der Waals surface area contributed by atoms with Crippen molar-refractivity contribution in [3.8, 4) is 17.2 Å². The molecule has 2 aromatic rings. The largest absolute Gasteiger partial charge is 0.442 e. The van der Waals surface area contributed by atoms with E-state index < -0.39 is 6.09 Å². The number of ether oxygens (including phenoxy) is 1. The number of cyclic esters (lactones) is 1. The molecule has 1 aliphatic heterocycles. The standard InChI is InChI=1S/C16H11N3O2/c17-9-11-6-7-13(12-4-2-1-3-5-12)14(8-11)15-10-21-16(20)19-18-15/h1-8H,10H2,(H,19,20). The number of hydrazone groups is 1. The number of nitrogens with one attached hydrogen (secondary N) is 1. The molecule has 3 rings (SSSR count). The molecule has 102 valence electrons. The normalized spacial score (nSPS) is 13.7. The van der Waals surface area contributed by atoms with Gasteiger partial charge in [-0.25, -0.2) is 10.2 Å². The van der Waals surface area contributed by atoms with Crippen molar-refractivity contribution in [3.05, 3.63) is 59.7 Å². The van der Waals surface area contributed by atoms with Gasteiger partial charge in [0.1, 0.15) is 12.3 Å². The Morgan fingerprint density at radius 1 is 1.14 bits per heavy atom. The molecule has 5 heteroatoms. The van der Waals surface area contributed by atoms with Gasteiger partial charge >= 0.3 is 6.09 Å². The zero-order valence-corrected chi connectivity index (χ0v) is 11.0. The topological polar surface area (TPSA) is 74.5 Å². The van der Waals surface area contributed by atoms with Crippen LogP contribution in [0.1, 0.15) is 11.1 Å². The first-order chi connectivity index (χ1) is 10.3. The number of carbonyl (C=O) groups is 1. The summed E-state index contributed by atoms with van der Waals surface area (Å²) < 4.78 is 4.95. The van der Waals surface area contributed by atoms with E-state index in [1.165, 1.54) is 0 Å². The lowest BCUT2D eigenvalue weighted by atomic mass is 9.95. The molecule has 1 amide bonds. The van der Waals surface area contributed by atoms with Crippen molar-refractivity contribution in [2.75, 3.05) is 6.61 Å². The molecule has 0 fully saturated rings. The zero-order chi connectivity index (χ0) is 14.7. The number of carbonyl (C=O) groups excluding carboxylic acids is 1. The van der Waals surface area contributed by atoms with Crippen LogP contribution in [0.2, 0.25) is 0 Å². The first-order valence-electron chi connectivity index (χ1n) is 6.37. The SMILES string of the molecule is N#Cc1ccc(-c2ccccc2)c(C2=NNC(=O)OC2)c1. The highest BCUT2D eigenvalue weighted by atomic mass is 16.6. The van der Waals surface area contributed by atoms with Crippen LogP contribution in [0.5, 0.6) is 0 Å². The van der Waals surface area contributed by atoms with Gasteiger partial charge < -0.3 is 4.74 Å². The smallest absolute Gasteiger partial charge is 0.428 e. The Bertz CT molecular complexity index is 761. The van der Waals surface area contributed by atoms with E-state index in [1.807, 2.05) is 36.4 Å². The van der Waals surface area contributed by atoms with E-state index >= 15 is 0 Å². The van der Waals surface area contributed by atoms with Crippen molar-refractivity contribution < 1.29 is 9.53 Å². The molecule has 2 aromatic carbocycles. The number of hydrogen-bond acceptors (Lipinski definition) is 4. The van der Waals surface area contributed by atoms with Crippen LogP contribution < -0.4 is 5.43 Å². The van der Waals surface area contributed by atoms with Gasteiger partial charge in [0.05, 0.1) is 11.6 Å². The van der Waals surface area contributed by atoms with Gasteiger partial charge in [-0.15, -0.1) is 0 Å². The third kappa shape index (κ3) is 2.60. The van der Waals surface area contributed by atoms with Crippen LogP contribution in [0.25, 0.3) is 11.1 Å². The fourth-order valence-corrected chi connectivity index (χ4v) is 2.17. The van der Waals surface area contributed by atoms with E-state index in [2.05, 4.69) is 16.6 Å². The highest BCUT2D eigenvalue weighted by Gasteiger charge is 2.18. The third-order valence-electron chi connectivity index (χ3n) is 3.17. The molecular formula is C16H11N3O2. The summed E-state index contributed by atoms with van der Waals surface area (Å²) in [4.78, 5) is 11.0. The molecule has 0 saturated carbocycles. The highest BCUT2D eigenvalue weighted by molar-refractivity contribution is 6.08. The molecular weight excluding hydrogens is 266 g/mol. The van der Waals surface area contributed by atoms with Crippen LogP contribution in [0.3, 0.4) is 0 Å². The highest BCUT2D eigenvalue weighted by Crippen LogP contribution is 2.25. The van der Waals surface area contributed by atoms with Crippen molar-refractivity contribution in [3.63, 3.8) is 0 Å². The fraction of sp³-hybridized carbons (Fsp3) is 0.0625. The van der Waals surface area contributed by atoms with E-state index in [9.17, 15) is 4.79 Å². The fourth-order valence-electron chi connectivity index (χ4n) is 2.17. The molecule has 5 nitrogen and oxygen atoms in total. The van der Waals surface area contributed by atoms with Crippen LogP contribution in [-0.4, -0.2) is 18.4 Å². The number of nitrogens with zero attached hydrogens (tertiary/aromatic N) is 2. The van der Waals surface area contributed by atoms with Gasteiger partial charge in [0.15, 0.2) is 0 Å². The van der Waals surface area contributed by atoms with Gasteiger partial charge in [-0.1, -0.05) is 36.4 Å². The molecule has 21 heavy (non-hydrogen) atoms. The summed E-state index contributed by atoms with van der Waals surface area (Å²) in [6.07, 6.45) is -0.573. The van der Waals surface area contributed by atoms with Crippen LogP contribution in [0.4, 0.5) is 4.79 Å². The van der Waals surface area contributed by atoms with E-state index in [1.54, 1.807) is 12.1 Å². The molecule has 0 aliphatic carbocycles. The van der Waals surface area contributed by atoms with Crippen LogP contribution >= 0.6 is 0 Å². The average Bonchev–Trinajstić information content (AvgIpc) is 2.56. The molecule has 1 aliphatic rings. The number of nitriles is 1. The quantitative estimate of drug-likeness (QED) is 0.917. The molecule has 1 heterocycles. The minimum absolute atomic E-state index is 0.0839. The monoisotopic (exact) mass is 277 g/mol. The summed E-state index contributed by atoms with van der Waals surface area (Å²) in [5, 5.41) is 13.1. The minimum Gasteiger partial charge on any atom is -0.442 e. The predicted octanol–water partition coefficient (Wildman–Crippen LogP) is 2.67. The van der Waals surface area contributed by atoms with Crippen LogP contribution in [-0.2, 0) is 4.74 Å². The third-order valence-corrected chi connectivity index (χ3v) is 3.17. The Hall–Kier alpha value is -3.13. The van der Waals surface area contributed by atoms with Crippen molar-refractivity contribution in [2.45, 2.75) is 0 Å².